The van der Waals surface area contributed by atoms with Crippen molar-refractivity contribution in [3.8, 4) is 0 Å². The van der Waals surface area contributed by atoms with E-state index in [9.17, 15) is 14.0 Å². The minimum Gasteiger partial charge on any atom is -0.381 e. The van der Waals surface area contributed by atoms with Gasteiger partial charge in [-0.1, -0.05) is 42.5 Å². The van der Waals surface area contributed by atoms with Crippen LogP contribution in [0.25, 0.3) is 0 Å². The number of rotatable bonds is 4. The summed E-state index contributed by atoms with van der Waals surface area (Å²) >= 11 is 0. The summed E-state index contributed by atoms with van der Waals surface area (Å²) in [5, 5.41) is 0. The molecule has 0 aromatic heterocycles. The fraction of sp³-hybridized carbons (Fsp3) is 0.500. The highest BCUT2D eigenvalue weighted by Crippen LogP contribution is 2.46. The van der Waals surface area contributed by atoms with Gasteiger partial charge in [0.1, 0.15) is 5.82 Å². The van der Waals surface area contributed by atoms with Crippen molar-refractivity contribution in [2.24, 2.45) is 5.41 Å². The van der Waals surface area contributed by atoms with E-state index in [0.29, 0.717) is 58.4 Å². The maximum Gasteiger partial charge on any atom is 0.233 e. The Morgan fingerprint density at radius 1 is 1.03 bits per heavy atom. The molecule has 0 bridgehead atoms. The van der Waals surface area contributed by atoms with E-state index >= 15 is 0 Å². The number of ether oxygens (including phenoxy) is 1. The van der Waals surface area contributed by atoms with Gasteiger partial charge in [0.25, 0.3) is 0 Å². The van der Waals surface area contributed by atoms with E-state index in [1.54, 1.807) is 12.1 Å². The number of benzene rings is 2. The number of carbonyl (C=O) groups is 2. The van der Waals surface area contributed by atoms with Crippen LogP contribution in [0, 0.1) is 11.2 Å². The van der Waals surface area contributed by atoms with Gasteiger partial charge in [-0.2, -0.15) is 0 Å². The van der Waals surface area contributed by atoms with Crippen LogP contribution in [0.2, 0.25) is 0 Å². The van der Waals surface area contributed by atoms with Gasteiger partial charge in [-0.05, 0) is 61.8 Å². The molecule has 6 heteroatoms. The van der Waals surface area contributed by atoms with E-state index < -0.39 is 10.8 Å². The first-order chi connectivity index (χ1) is 16.4. The molecule has 34 heavy (non-hydrogen) atoms. The van der Waals surface area contributed by atoms with Crippen LogP contribution in [0.3, 0.4) is 0 Å². The Balaban J connectivity index is 1.30. The molecule has 0 aliphatic carbocycles. The summed E-state index contributed by atoms with van der Waals surface area (Å²) in [6, 6.07) is 16.8. The largest absolute Gasteiger partial charge is 0.381 e. The maximum absolute atomic E-state index is 13.9. The molecule has 0 radical (unpaired) electrons. The fourth-order valence-corrected chi connectivity index (χ4v) is 6.32. The Morgan fingerprint density at radius 3 is 2.41 bits per heavy atom. The number of carbonyl (C=O) groups excluding carboxylic acids is 2. The van der Waals surface area contributed by atoms with Crippen LogP contribution in [-0.4, -0.2) is 61.0 Å². The second-order valence-corrected chi connectivity index (χ2v) is 10.2. The Morgan fingerprint density at radius 2 is 1.74 bits per heavy atom. The first-order valence-corrected chi connectivity index (χ1v) is 12.4. The Hall–Kier alpha value is -2.73. The van der Waals surface area contributed by atoms with E-state index in [0.717, 1.165) is 17.5 Å². The zero-order chi connectivity index (χ0) is 23.8. The molecule has 3 heterocycles. The summed E-state index contributed by atoms with van der Waals surface area (Å²) < 4.78 is 19.3. The molecule has 180 valence electrons. The minimum absolute atomic E-state index is 0.0581. The predicted octanol–water partition coefficient (Wildman–Crippen LogP) is 3.96. The van der Waals surface area contributed by atoms with Gasteiger partial charge in [-0.3, -0.25) is 9.59 Å². The van der Waals surface area contributed by atoms with Crippen LogP contribution in [0.15, 0.2) is 54.6 Å². The van der Waals surface area contributed by atoms with Crippen molar-refractivity contribution in [3.05, 3.63) is 71.5 Å². The summed E-state index contributed by atoms with van der Waals surface area (Å²) in [4.78, 5) is 31.1. The summed E-state index contributed by atoms with van der Waals surface area (Å²) in [7, 11) is 1.87. The molecular weight excluding hydrogens is 431 g/mol. The van der Waals surface area contributed by atoms with Crippen molar-refractivity contribution in [1.82, 2.24) is 9.80 Å². The lowest BCUT2D eigenvalue weighted by Crippen LogP contribution is -2.54. The number of nitrogens with zero attached hydrogens (tertiary/aromatic N) is 2. The van der Waals surface area contributed by atoms with E-state index in [4.69, 9.17) is 4.74 Å². The molecule has 0 saturated carbocycles. The van der Waals surface area contributed by atoms with Gasteiger partial charge in [0.15, 0.2) is 0 Å². The molecular formula is C28H33FN2O3. The van der Waals surface area contributed by atoms with Gasteiger partial charge in [0, 0.05) is 39.4 Å². The lowest BCUT2D eigenvalue weighted by molar-refractivity contribution is -0.147. The average Bonchev–Trinajstić information content (AvgIpc) is 3.09. The van der Waals surface area contributed by atoms with Gasteiger partial charge in [0.05, 0.1) is 10.8 Å². The molecule has 3 fully saturated rings. The predicted molar refractivity (Wildman–Crippen MR) is 128 cm³/mol. The van der Waals surface area contributed by atoms with E-state index in [2.05, 4.69) is 12.1 Å². The van der Waals surface area contributed by atoms with Crippen molar-refractivity contribution >= 4 is 11.8 Å². The number of likely N-dealkylation sites (N-methyl/N-ethyl adjacent to an activating group) is 1. The number of piperidine rings is 1. The zero-order valence-electron chi connectivity index (χ0n) is 19.8. The minimum atomic E-state index is -0.541. The quantitative estimate of drug-likeness (QED) is 0.688. The van der Waals surface area contributed by atoms with E-state index in [-0.39, 0.29) is 23.7 Å². The van der Waals surface area contributed by atoms with E-state index in [1.165, 1.54) is 6.07 Å². The van der Waals surface area contributed by atoms with Gasteiger partial charge < -0.3 is 14.5 Å². The fourth-order valence-electron chi connectivity index (χ4n) is 6.32. The van der Waals surface area contributed by atoms with E-state index in [1.807, 2.05) is 41.1 Å². The van der Waals surface area contributed by atoms with Crippen LogP contribution >= 0.6 is 0 Å². The highest BCUT2D eigenvalue weighted by molar-refractivity contribution is 5.89. The second-order valence-electron chi connectivity index (χ2n) is 10.2. The van der Waals surface area contributed by atoms with Crippen LogP contribution in [-0.2, 0) is 26.2 Å². The van der Waals surface area contributed by atoms with Gasteiger partial charge in [-0.25, -0.2) is 4.39 Å². The Labute approximate surface area is 200 Å². The second kappa shape index (κ2) is 9.14. The standard InChI is InChI=1S/C28H33FN2O3/c1-30-24(19-21-6-5-9-23(29)18-21)20-27(25(30)32)10-14-31(15-11-27)26(33)28(12-16-34-17-13-28)22-7-3-2-4-8-22/h2-9,18,24H,10-17,19-20H2,1H3. The molecule has 2 amide bonds. The third kappa shape index (κ3) is 4.02. The number of halogens is 1. The van der Waals surface area contributed by atoms with Crippen molar-refractivity contribution in [3.63, 3.8) is 0 Å². The Bertz CT molecular complexity index is 1040. The Kier molecular flexibility index (Phi) is 6.19. The van der Waals surface area contributed by atoms with Crippen molar-refractivity contribution in [1.29, 1.82) is 0 Å². The number of likely N-dealkylation sites (tertiary alicyclic amines) is 2. The molecule has 3 aliphatic rings. The third-order valence-electron chi connectivity index (χ3n) is 8.40. The summed E-state index contributed by atoms with van der Waals surface area (Å²) in [6.07, 6.45) is 4.16. The van der Waals surface area contributed by atoms with Crippen LogP contribution in [0.4, 0.5) is 4.39 Å². The average molecular weight is 465 g/mol. The van der Waals surface area contributed by atoms with Crippen LogP contribution in [0.5, 0.6) is 0 Å². The van der Waals surface area contributed by atoms with Crippen LogP contribution < -0.4 is 0 Å². The number of hydrogen-bond donors (Lipinski definition) is 0. The first-order valence-electron chi connectivity index (χ1n) is 12.4. The highest BCUT2D eigenvalue weighted by atomic mass is 19.1. The molecule has 2 aromatic carbocycles. The van der Waals surface area contributed by atoms with Crippen molar-refractivity contribution < 1.29 is 18.7 Å². The maximum atomic E-state index is 13.9. The SMILES string of the molecule is CN1C(=O)C2(CCN(C(=O)C3(c4ccccc4)CCOCC3)CC2)CC1Cc1cccc(F)c1. The molecule has 1 atom stereocenters. The molecule has 0 N–H and O–H groups in total. The van der Waals surface area contributed by atoms with Crippen molar-refractivity contribution in [2.75, 3.05) is 33.4 Å². The summed E-state index contributed by atoms with van der Waals surface area (Å²) in [5.41, 5.74) is 1.02. The normalized spacial score (nSPS) is 23.9. The van der Waals surface area contributed by atoms with Crippen molar-refractivity contribution in [2.45, 2.75) is 50.0 Å². The smallest absolute Gasteiger partial charge is 0.233 e. The van der Waals surface area contributed by atoms with Gasteiger partial charge in [0.2, 0.25) is 11.8 Å². The molecule has 5 nitrogen and oxygen atoms in total. The van der Waals surface area contributed by atoms with Gasteiger partial charge >= 0.3 is 0 Å². The summed E-state index contributed by atoms with van der Waals surface area (Å²) in [5.74, 6) is 0.100. The number of amides is 2. The van der Waals surface area contributed by atoms with Crippen LogP contribution in [0.1, 0.15) is 43.2 Å². The summed E-state index contributed by atoms with van der Waals surface area (Å²) in [6.45, 7) is 2.37. The first kappa shape index (κ1) is 23.0. The molecule has 2 aromatic rings. The monoisotopic (exact) mass is 464 g/mol. The molecule has 1 spiro atoms. The van der Waals surface area contributed by atoms with Gasteiger partial charge in [-0.15, -0.1) is 0 Å². The lowest BCUT2D eigenvalue weighted by atomic mass is 9.71. The molecule has 3 saturated heterocycles. The molecule has 3 aliphatic heterocycles. The topological polar surface area (TPSA) is 49.9 Å². The third-order valence-corrected chi connectivity index (χ3v) is 8.40. The lowest BCUT2D eigenvalue weighted by Gasteiger charge is -2.44. The zero-order valence-corrected chi connectivity index (χ0v) is 19.8. The molecule has 5 rings (SSSR count). The number of hydrogen-bond acceptors (Lipinski definition) is 3. The molecule has 1 unspecified atom stereocenters. The highest BCUT2D eigenvalue weighted by Gasteiger charge is 2.53.